The number of carbonyl (C=O) groups is 2. The van der Waals surface area contributed by atoms with Gasteiger partial charge in [-0.1, -0.05) is 18.2 Å². The molecule has 0 aliphatic carbocycles. The van der Waals surface area contributed by atoms with E-state index < -0.39 is 0 Å². The van der Waals surface area contributed by atoms with Crippen molar-refractivity contribution in [1.82, 2.24) is 19.2 Å². The van der Waals surface area contributed by atoms with Gasteiger partial charge in [0.15, 0.2) is 5.76 Å². The highest BCUT2D eigenvalue weighted by molar-refractivity contribution is 5.91. The van der Waals surface area contributed by atoms with E-state index in [-0.39, 0.29) is 18.2 Å². The van der Waals surface area contributed by atoms with Gasteiger partial charge in [0, 0.05) is 37.9 Å². The maximum Gasteiger partial charge on any atom is 0.289 e. The third-order valence-electron chi connectivity index (χ3n) is 6.69. The Morgan fingerprint density at radius 3 is 2.38 bits per heavy atom. The first kappa shape index (κ1) is 21.9. The lowest BCUT2D eigenvalue weighted by Crippen LogP contribution is -2.51. The molecule has 1 saturated heterocycles. The lowest BCUT2D eigenvalue weighted by atomic mass is 10.0. The van der Waals surface area contributed by atoms with Gasteiger partial charge < -0.3 is 18.6 Å². The van der Waals surface area contributed by atoms with Crippen LogP contribution in [0.3, 0.4) is 0 Å². The fourth-order valence-electron chi connectivity index (χ4n) is 4.51. The van der Waals surface area contributed by atoms with Gasteiger partial charge in [0.05, 0.1) is 24.1 Å². The van der Waals surface area contributed by atoms with E-state index in [1.165, 1.54) is 17.4 Å². The number of imidazole rings is 1. The molecule has 0 bridgehead atoms. The molecule has 0 radical (unpaired) electrons. The zero-order valence-corrected chi connectivity index (χ0v) is 19.7. The van der Waals surface area contributed by atoms with E-state index in [4.69, 9.17) is 9.40 Å². The summed E-state index contributed by atoms with van der Waals surface area (Å²) in [4.78, 5) is 34.4. The first-order chi connectivity index (χ1) is 16.4. The minimum atomic E-state index is -0.133. The molecule has 0 saturated carbocycles. The molecule has 5 rings (SSSR count). The van der Waals surface area contributed by atoms with Crippen LogP contribution < -0.4 is 0 Å². The summed E-state index contributed by atoms with van der Waals surface area (Å²) in [6, 6.07) is 13.7. The number of hydrogen-bond acceptors (Lipinski definition) is 4. The van der Waals surface area contributed by atoms with Gasteiger partial charge >= 0.3 is 0 Å². The quantitative estimate of drug-likeness (QED) is 0.465. The van der Waals surface area contributed by atoms with Crippen LogP contribution in [0.5, 0.6) is 0 Å². The van der Waals surface area contributed by atoms with Gasteiger partial charge in [0.25, 0.3) is 5.91 Å². The Balaban J connectivity index is 1.39. The normalized spacial score (nSPS) is 14.1. The molecule has 1 aliphatic heterocycles. The number of amides is 2. The number of carbonyl (C=O) groups excluding carboxylic acids is 2. The monoisotopic (exact) mass is 456 g/mol. The first-order valence-corrected chi connectivity index (χ1v) is 11.6. The van der Waals surface area contributed by atoms with Crippen LogP contribution in [0.4, 0.5) is 0 Å². The fourth-order valence-corrected chi connectivity index (χ4v) is 4.51. The maximum atomic E-state index is 13.4. The van der Waals surface area contributed by atoms with Crippen molar-refractivity contribution in [2.24, 2.45) is 0 Å². The Hall–Kier alpha value is -3.87. The molecule has 4 heterocycles. The highest BCUT2D eigenvalue weighted by Crippen LogP contribution is 2.28. The summed E-state index contributed by atoms with van der Waals surface area (Å²) in [5.41, 5.74) is 7.11. The zero-order chi connectivity index (χ0) is 23.8. The molecular weight excluding hydrogens is 428 g/mol. The molecule has 4 aromatic rings. The van der Waals surface area contributed by atoms with E-state index in [9.17, 15) is 9.59 Å². The maximum absolute atomic E-state index is 13.4. The molecule has 1 fully saturated rings. The molecule has 7 heteroatoms. The molecule has 0 unspecified atom stereocenters. The lowest BCUT2D eigenvalue weighted by Gasteiger charge is -2.34. The summed E-state index contributed by atoms with van der Waals surface area (Å²) in [5.74, 6) is 0.240. The molecule has 3 aromatic heterocycles. The molecule has 0 atom stereocenters. The number of pyridine rings is 1. The number of furan rings is 1. The summed E-state index contributed by atoms with van der Waals surface area (Å²) < 4.78 is 7.27. The van der Waals surface area contributed by atoms with E-state index in [1.54, 1.807) is 17.0 Å². The standard InChI is InChI=1S/C27H28N4O3/c1-18-8-9-21(16-20(18)3)25-22(31-10-4-6-19(2)26(31)28-25)17-24(32)29-11-13-30(14-12-29)27(33)23-7-5-15-34-23/h4-10,15-16H,11-14,17H2,1-3H3. The highest BCUT2D eigenvalue weighted by atomic mass is 16.3. The molecule has 1 aromatic carbocycles. The predicted molar refractivity (Wildman–Crippen MR) is 130 cm³/mol. The molecule has 7 nitrogen and oxygen atoms in total. The number of rotatable bonds is 4. The highest BCUT2D eigenvalue weighted by Gasteiger charge is 2.27. The Morgan fingerprint density at radius 2 is 1.68 bits per heavy atom. The van der Waals surface area contributed by atoms with Gasteiger partial charge in [0.2, 0.25) is 5.91 Å². The van der Waals surface area contributed by atoms with E-state index in [1.807, 2.05) is 34.6 Å². The summed E-state index contributed by atoms with van der Waals surface area (Å²) in [6.07, 6.45) is 3.72. The van der Waals surface area contributed by atoms with Crippen molar-refractivity contribution in [3.8, 4) is 11.3 Å². The van der Waals surface area contributed by atoms with Crippen molar-refractivity contribution < 1.29 is 14.0 Å². The fraction of sp³-hybridized carbons (Fsp3) is 0.296. The molecule has 34 heavy (non-hydrogen) atoms. The average Bonchev–Trinajstić information content (AvgIpc) is 3.50. The van der Waals surface area contributed by atoms with E-state index in [2.05, 4.69) is 32.0 Å². The van der Waals surface area contributed by atoms with E-state index in [0.717, 1.165) is 28.2 Å². The number of aromatic nitrogens is 2. The van der Waals surface area contributed by atoms with Crippen molar-refractivity contribution in [2.45, 2.75) is 27.2 Å². The van der Waals surface area contributed by atoms with Crippen molar-refractivity contribution in [3.05, 3.63) is 83.1 Å². The Kier molecular flexibility index (Phi) is 5.69. The molecule has 0 spiro atoms. The van der Waals surface area contributed by atoms with Gasteiger partial charge in [-0.25, -0.2) is 4.98 Å². The Labute approximate surface area is 198 Å². The lowest BCUT2D eigenvalue weighted by molar-refractivity contribution is -0.132. The summed E-state index contributed by atoms with van der Waals surface area (Å²) >= 11 is 0. The third kappa shape index (κ3) is 3.98. The molecule has 174 valence electrons. The van der Waals surface area contributed by atoms with Crippen molar-refractivity contribution >= 4 is 17.5 Å². The number of piperazine rings is 1. The van der Waals surface area contributed by atoms with Gasteiger partial charge in [-0.3, -0.25) is 9.59 Å². The largest absolute Gasteiger partial charge is 0.459 e. The second-order valence-electron chi connectivity index (χ2n) is 8.92. The van der Waals surface area contributed by atoms with E-state index in [0.29, 0.717) is 31.9 Å². The second-order valence-corrected chi connectivity index (χ2v) is 8.92. The van der Waals surface area contributed by atoms with Gasteiger partial charge in [-0.2, -0.15) is 0 Å². The minimum Gasteiger partial charge on any atom is -0.459 e. The van der Waals surface area contributed by atoms with Crippen molar-refractivity contribution in [1.29, 1.82) is 0 Å². The summed E-state index contributed by atoms with van der Waals surface area (Å²) in [5, 5.41) is 0. The van der Waals surface area contributed by atoms with Crippen LogP contribution in [0.15, 0.2) is 59.3 Å². The number of benzene rings is 1. The molecule has 0 N–H and O–H groups in total. The summed E-state index contributed by atoms with van der Waals surface area (Å²) in [6.45, 7) is 8.19. The van der Waals surface area contributed by atoms with Crippen molar-refractivity contribution in [2.75, 3.05) is 26.2 Å². The Bertz CT molecular complexity index is 1360. The van der Waals surface area contributed by atoms with E-state index >= 15 is 0 Å². The zero-order valence-electron chi connectivity index (χ0n) is 19.7. The number of nitrogens with zero attached hydrogens (tertiary/aromatic N) is 4. The number of hydrogen-bond donors (Lipinski definition) is 0. The van der Waals surface area contributed by atoms with Gasteiger partial charge in [-0.15, -0.1) is 0 Å². The molecular formula is C27H28N4O3. The van der Waals surface area contributed by atoms with Crippen LogP contribution in [0.1, 0.15) is 32.9 Å². The van der Waals surface area contributed by atoms with Crippen LogP contribution >= 0.6 is 0 Å². The second kappa shape index (κ2) is 8.82. The number of fused-ring (bicyclic) bond motifs is 1. The average molecular weight is 457 g/mol. The van der Waals surface area contributed by atoms with Crippen LogP contribution in [0.2, 0.25) is 0 Å². The van der Waals surface area contributed by atoms with Gasteiger partial charge in [0.1, 0.15) is 5.65 Å². The molecule has 2 amide bonds. The van der Waals surface area contributed by atoms with Crippen LogP contribution in [0.25, 0.3) is 16.9 Å². The van der Waals surface area contributed by atoms with Crippen LogP contribution in [0, 0.1) is 20.8 Å². The third-order valence-corrected chi connectivity index (χ3v) is 6.69. The molecule has 1 aliphatic rings. The topological polar surface area (TPSA) is 71.1 Å². The van der Waals surface area contributed by atoms with Crippen molar-refractivity contribution in [3.63, 3.8) is 0 Å². The predicted octanol–water partition coefficient (Wildman–Crippen LogP) is 4.05. The smallest absolute Gasteiger partial charge is 0.289 e. The van der Waals surface area contributed by atoms with Gasteiger partial charge in [-0.05, 0) is 61.7 Å². The van der Waals surface area contributed by atoms with Crippen LogP contribution in [-0.2, 0) is 11.2 Å². The van der Waals surface area contributed by atoms with Crippen LogP contribution in [-0.4, -0.2) is 57.2 Å². The SMILES string of the molecule is Cc1ccc(-c2nc3c(C)cccn3c2CC(=O)N2CCN(C(=O)c3ccco3)CC2)cc1C. The Morgan fingerprint density at radius 1 is 0.912 bits per heavy atom. The first-order valence-electron chi connectivity index (χ1n) is 11.6. The summed E-state index contributed by atoms with van der Waals surface area (Å²) in [7, 11) is 0. The number of aryl methyl sites for hydroxylation is 3. The minimum absolute atomic E-state index is 0.0403.